The first-order chi connectivity index (χ1) is 8.32. The van der Waals surface area contributed by atoms with Crippen molar-refractivity contribution in [3.63, 3.8) is 0 Å². The van der Waals surface area contributed by atoms with E-state index in [-0.39, 0.29) is 16.1 Å². The maximum Gasteiger partial charge on any atom is 0.333 e. The number of hydrogen-bond donors (Lipinski definition) is 1. The van der Waals surface area contributed by atoms with Crippen molar-refractivity contribution in [2.45, 2.75) is 26.3 Å². The maximum absolute atomic E-state index is 11.2. The summed E-state index contributed by atoms with van der Waals surface area (Å²) in [6, 6.07) is 0. The average Bonchev–Trinajstić information content (AvgIpc) is 2.51. The molecule has 2 heterocycles. The standard InChI is InChI=1S/C11H19N5O2/c1-8-9(16(17)18)10(14(4)13-8)15-6-5-12-11(2,3)7-15/h12H,5-7H2,1-4H3. The molecule has 0 aromatic carbocycles. The van der Waals surface area contributed by atoms with Crippen LogP contribution in [-0.4, -0.2) is 39.9 Å². The minimum absolute atomic E-state index is 0.0513. The summed E-state index contributed by atoms with van der Waals surface area (Å²) in [5, 5.41) is 18.7. The van der Waals surface area contributed by atoms with Gasteiger partial charge in [0.15, 0.2) is 0 Å². The Bertz CT molecular complexity index is 480. The lowest BCUT2D eigenvalue weighted by Gasteiger charge is -2.39. The van der Waals surface area contributed by atoms with Crippen LogP contribution in [0.4, 0.5) is 11.5 Å². The highest BCUT2D eigenvalue weighted by atomic mass is 16.6. The van der Waals surface area contributed by atoms with E-state index in [1.54, 1.807) is 18.7 Å². The summed E-state index contributed by atoms with van der Waals surface area (Å²) in [7, 11) is 1.75. The molecule has 1 aliphatic heterocycles. The Kier molecular flexibility index (Phi) is 3.02. The zero-order chi connectivity index (χ0) is 13.5. The molecule has 1 aromatic heterocycles. The van der Waals surface area contributed by atoms with E-state index in [2.05, 4.69) is 24.3 Å². The van der Waals surface area contributed by atoms with Crippen LogP contribution in [0.2, 0.25) is 0 Å². The van der Waals surface area contributed by atoms with Gasteiger partial charge in [0, 0.05) is 32.2 Å². The highest BCUT2D eigenvalue weighted by Crippen LogP contribution is 2.32. The Morgan fingerprint density at radius 2 is 2.17 bits per heavy atom. The van der Waals surface area contributed by atoms with Gasteiger partial charge in [-0.3, -0.25) is 10.1 Å². The fraction of sp³-hybridized carbons (Fsp3) is 0.727. The fourth-order valence-corrected chi connectivity index (χ4v) is 2.53. The molecule has 1 aromatic rings. The number of aromatic nitrogens is 2. The Morgan fingerprint density at radius 3 is 2.72 bits per heavy atom. The van der Waals surface area contributed by atoms with Crippen LogP contribution >= 0.6 is 0 Å². The number of rotatable bonds is 2. The van der Waals surface area contributed by atoms with Crippen molar-refractivity contribution in [2.75, 3.05) is 24.5 Å². The van der Waals surface area contributed by atoms with Gasteiger partial charge in [0.05, 0.1) is 4.92 Å². The molecule has 0 amide bonds. The number of nitrogens with one attached hydrogen (secondary N) is 1. The summed E-state index contributed by atoms with van der Waals surface area (Å²) in [4.78, 5) is 12.9. The number of anilines is 1. The summed E-state index contributed by atoms with van der Waals surface area (Å²) >= 11 is 0. The molecular weight excluding hydrogens is 234 g/mol. The van der Waals surface area contributed by atoms with E-state index in [1.165, 1.54) is 0 Å². The normalized spacial score (nSPS) is 19.0. The van der Waals surface area contributed by atoms with E-state index >= 15 is 0 Å². The predicted octanol–water partition coefficient (Wildman–Crippen LogP) is 0.825. The number of nitro groups is 1. The Labute approximate surface area is 106 Å². The SMILES string of the molecule is Cc1nn(C)c(N2CCNC(C)(C)C2)c1[N+](=O)[O-]. The van der Waals surface area contributed by atoms with Crippen molar-refractivity contribution in [1.82, 2.24) is 15.1 Å². The third kappa shape index (κ3) is 2.17. The van der Waals surface area contributed by atoms with Crippen LogP contribution in [0.5, 0.6) is 0 Å². The van der Waals surface area contributed by atoms with Crippen LogP contribution in [0.1, 0.15) is 19.5 Å². The summed E-state index contributed by atoms with van der Waals surface area (Å²) in [5.41, 5.74) is 0.536. The molecule has 0 bridgehead atoms. The summed E-state index contributed by atoms with van der Waals surface area (Å²) in [5.74, 6) is 0.604. The number of nitrogens with zero attached hydrogens (tertiary/aromatic N) is 4. The van der Waals surface area contributed by atoms with Gasteiger partial charge in [-0.2, -0.15) is 5.10 Å². The third-order valence-corrected chi connectivity index (χ3v) is 3.21. The Morgan fingerprint density at radius 1 is 1.50 bits per heavy atom. The zero-order valence-electron chi connectivity index (χ0n) is 11.2. The van der Waals surface area contributed by atoms with E-state index < -0.39 is 0 Å². The minimum Gasteiger partial charge on any atom is -0.348 e. The molecule has 0 radical (unpaired) electrons. The van der Waals surface area contributed by atoms with Crippen LogP contribution in [0.15, 0.2) is 0 Å². The second-order valence-electron chi connectivity index (χ2n) is 5.37. The first kappa shape index (κ1) is 12.8. The number of hydrogen-bond acceptors (Lipinski definition) is 5. The molecule has 1 aliphatic rings. The molecule has 0 atom stereocenters. The van der Waals surface area contributed by atoms with Gasteiger partial charge in [0.2, 0.25) is 5.82 Å². The smallest absolute Gasteiger partial charge is 0.333 e. The molecule has 0 aliphatic carbocycles. The lowest BCUT2D eigenvalue weighted by molar-refractivity contribution is -0.384. The second kappa shape index (κ2) is 4.24. The fourth-order valence-electron chi connectivity index (χ4n) is 2.53. The molecular formula is C11H19N5O2. The summed E-state index contributed by atoms with van der Waals surface area (Å²) < 4.78 is 1.61. The first-order valence-electron chi connectivity index (χ1n) is 6.00. The van der Waals surface area contributed by atoms with Crippen molar-refractivity contribution in [3.8, 4) is 0 Å². The Hall–Kier alpha value is -1.63. The third-order valence-electron chi connectivity index (χ3n) is 3.21. The van der Waals surface area contributed by atoms with Crippen molar-refractivity contribution < 1.29 is 4.92 Å². The van der Waals surface area contributed by atoms with Crippen molar-refractivity contribution in [3.05, 3.63) is 15.8 Å². The van der Waals surface area contributed by atoms with Crippen molar-refractivity contribution in [1.29, 1.82) is 0 Å². The zero-order valence-corrected chi connectivity index (χ0v) is 11.2. The molecule has 0 saturated carbocycles. The molecule has 1 N–H and O–H groups in total. The maximum atomic E-state index is 11.2. The van der Waals surface area contributed by atoms with Gasteiger partial charge in [0.25, 0.3) is 0 Å². The molecule has 1 fully saturated rings. The topological polar surface area (TPSA) is 76.2 Å². The van der Waals surface area contributed by atoms with Gasteiger partial charge >= 0.3 is 5.69 Å². The largest absolute Gasteiger partial charge is 0.348 e. The molecule has 2 rings (SSSR count). The van der Waals surface area contributed by atoms with Gasteiger partial charge in [-0.1, -0.05) is 0 Å². The molecule has 0 spiro atoms. The lowest BCUT2D eigenvalue weighted by Crippen LogP contribution is -2.57. The van der Waals surface area contributed by atoms with Gasteiger partial charge in [-0.15, -0.1) is 0 Å². The van der Waals surface area contributed by atoms with E-state index in [4.69, 9.17) is 0 Å². The predicted molar refractivity (Wildman–Crippen MR) is 68.9 cm³/mol. The molecule has 100 valence electrons. The monoisotopic (exact) mass is 253 g/mol. The molecule has 0 unspecified atom stereocenters. The number of aryl methyl sites for hydroxylation is 2. The molecule has 18 heavy (non-hydrogen) atoms. The first-order valence-corrected chi connectivity index (χ1v) is 6.00. The van der Waals surface area contributed by atoms with E-state index in [9.17, 15) is 10.1 Å². The van der Waals surface area contributed by atoms with Crippen molar-refractivity contribution >= 4 is 11.5 Å². The highest BCUT2D eigenvalue weighted by molar-refractivity contribution is 5.61. The van der Waals surface area contributed by atoms with Crippen LogP contribution in [0, 0.1) is 17.0 Å². The van der Waals surface area contributed by atoms with E-state index in [0.29, 0.717) is 11.5 Å². The molecule has 7 nitrogen and oxygen atoms in total. The highest BCUT2D eigenvalue weighted by Gasteiger charge is 2.33. The molecule has 1 saturated heterocycles. The quantitative estimate of drug-likeness (QED) is 0.624. The van der Waals surface area contributed by atoms with E-state index in [0.717, 1.165) is 19.6 Å². The number of piperazine rings is 1. The minimum atomic E-state index is -0.341. The Balaban J connectivity index is 2.41. The second-order valence-corrected chi connectivity index (χ2v) is 5.37. The van der Waals surface area contributed by atoms with Crippen LogP contribution < -0.4 is 10.2 Å². The van der Waals surface area contributed by atoms with E-state index in [1.807, 2.05) is 4.90 Å². The van der Waals surface area contributed by atoms with Gasteiger partial charge in [-0.05, 0) is 20.8 Å². The van der Waals surface area contributed by atoms with Crippen molar-refractivity contribution in [2.24, 2.45) is 7.05 Å². The van der Waals surface area contributed by atoms with Gasteiger partial charge < -0.3 is 10.2 Å². The molecule has 7 heteroatoms. The summed E-state index contributed by atoms with van der Waals surface area (Å²) in [6.07, 6.45) is 0. The van der Waals surface area contributed by atoms with Crippen LogP contribution in [0.3, 0.4) is 0 Å². The van der Waals surface area contributed by atoms with Crippen LogP contribution in [0.25, 0.3) is 0 Å². The van der Waals surface area contributed by atoms with Crippen LogP contribution in [-0.2, 0) is 7.05 Å². The van der Waals surface area contributed by atoms with Gasteiger partial charge in [-0.25, -0.2) is 4.68 Å². The lowest BCUT2D eigenvalue weighted by atomic mass is 10.0. The van der Waals surface area contributed by atoms with Gasteiger partial charge in [0.1, 0.15) is 5.69 Å². The summed E-state index contributed by atoms with van der Waals surface area (Å²) in [6.45, 7) is 8.15. The average molecular weight is 253 g/mol.